The van der Waals surface area contributed by atoms with E-state index in [1.165, 1.54) is 4.57 Å². The van der Waals surface area contributed by atoms with E-state index in [1.807, 2.05) is 31.2 Å². The molecule has 2 aromatic carbocycles. The van der Waals surface area contributed by atoms with E-state index in [9.17, 15) is 14.4 Å². The molecule has 0 unspecified atom stereocenters. The molecule has 10 heteroatoms. The van der Waals surface area contributed by atoms with Gasteiger partial charge in [0, 0.05) is 17.5 Å². The van der Waals surface area contributed by atoms with Crippen LogP contribution in [0.15, 0.2) is 64.2 Å². The zero-order valence-corrected chi connectivity index (χ0v) is 31.7. The van der Waals surface area contributed by atoms with Gasteiger partial charge >= 0.3 is 5.69 Å². The topological polar surface area (TPSA) is 88.8 Å². The van der Waals surface area contributed by atoms with Gasteiger partial charge in [0.2, 0.25) is 0 Å². The molecule has 46 heavy (non-hydrogen) atoms. The van der Waals surface area contributed by atoms with E-state index in [2.05, 4.69) is 67.7 Å². The Labute approximate surface area is 276 Å². The number of hydrogen-bond donors (Lipinski definition) is 0. The van der Waals surface area contributed by atoms with E-state index in [0.29, 0.717) is 29.8 Å². The maximum atomic E-state index is 14.5. The van der Waals surface area contributed by atoms with Crippen molar-refractivity contribution in [3.05, 3.63) is 92.1 Å². The van der Waals surface area contributed by atoms with E-state index in [1.54, 1.807) is 37.3 Å². The van der Waals surface area contributed by atoms with Crippen molar-refractivity contribution in [3.8, 4) is 11.3 Å². The molecule has 1 fully saturated rings. The number of benzene rings is 2. The summed E-state index contributed by atoms with van der Waals surface area (Å²) in [4.78, 5) is 42.0. The molecule has 250 valence electrons. The summed E-state index contributed by atoms with van der Waals surface area (Å²) in [6.45, 7) is 26.0. The highest BCUT2D eigenvalue weighted by molar-refractivity contribution is 6.74. The first-order valence-corrected chi connectivity index (χ1v) is 22.0. The molecule has 1 aliphatic heterocycles. The Morgan fingerprint density at radius 3 is 1.98 bits per heavy atom. The molecular weight excluding hydrogens is 613 g/mol. The minimum absolute atomic E-state index is 0.000742. The second kappa shape index (κ2) is 13.0. The summed E-state index contributed by atoms with van der Waals surface area (Å²) in [5.74, 6) is -0.673. The largest absolute Gasteiger partial charge is 0.414 e. The van der Waals surface area contributed by atoms with Crippen LogP contribution in [0.25, 0.3) is 11.3 Å². The second-order valence-electron chi connectivity index (χ2n) is 15.7. The summed E-state index contributed by atoms with van der Waals surface area (Å²) in [5.41, 5.74) is 1.35. The second-order valence-corrected chi connectivity index (χ2v) is 25.2. The van der Waals surface area contributed by atoms with Gasteiger partial charge in [-0.25, -0.2) is 4.79 Å². The van der Waals surface area contributed by atoms with Gasteiger partial charge in [-0.05, 0) is 67.8 Å². The van der Waals surface area contributed by atoms with Crippen molar-refractivity contribution in [1.29, 1.82) is 0 Å². The van der Waals surface area contributed by atoms with Gasteiger partial charge in [0.1, 0.15) is 12.3 Å². The molecule has 3 atom stereocenters. The third-order valence-electron chi connectivity index (χ3n) is 10.2. The Morgan fingerprint density at radius 1 is 0.870 bits per heavy atom. The Bertz CT molecular complexity index is 1680. The van der Waals surface area contributed by atoms with Gasteiger partial charge in [0.05, 0.1) is 18.4 Å². The standard InChI is InChI=1S/C36H52N2O6Si2/c1-24-18-20-26(21-19-24)31-25(2)32(39)38(33(40)27-16-14-13-15-17-27)34(41)37(31)30-22-28(44-46(11,12)36(6,7)8)29(43-30)23-42-45(9,10)35(3,4)5/h13-21,28-30H,22-23H2,1-12H3/t28-,29+,30+/m0/s1. The SMILES string of the molecule is Cc1ccc(-c2c(C)c(=O)n(C(=O)c3ccccc3)c(=O)n2[C@H]2C[C@H](O[Si](C)(C)C(C)(C)C)[C@@H](CO[Si](C)(C)C(C)(C)C)O2)cc1. The molecular formula is C36H52N2O6Si2. The number of rotatable bonds is 8. The molecule has 4 rings (SSSR count). The van der Waals surface area contributed by atoms with Crippen molar-refractivity contribution >= 4 is 22.5 Å². The number of aromatic nitrogens is 2. The molecule has 0 amide bonds. The maximum absolute atomic E-state index is 14.5. The van der Waals surface area contributed by atoms with Crippen LogP contribution >= 0.6 is 0 Å². The van der Waals surface area contributed by atoms with Crippen molar-refractivity contribution in [2.24, 2.45) is 0 Å². The molecule has 0 spiro atoms. The predicted octanol–water partition coefficient (Wildman–Crippen LogP) is 7.68. The lowest BCUT2D eigenvalue weighted by molar-refractivity contribution is -0.0409. The number of ether oxygens (including phenoxy) is 1. The molecule has 8 nitrogen and oxygen atoms in total. The molecule has 1 aromatic heterocycles. The average Bonchev–Trinajstić information content (AvgIpc) is 3.34. The lowest BCUT2D eigenvalue weighted by Gasteiger charge is -2.40. The average molecular weight is 665 g/mol. The molecule has 0 saturated carbocycles. The molecule has 0 radical (unpaired) electrons. The smallest absolute Gasteiger partial charge is 0.340 e. The van der Waals surface area contributed by atoms with Crippen molar-refractivity contribution in [2.45, 2.75) is 117 Å². The molecule has 1 aliphatic rings. The predicted molar refractivity (Wildman–Crippen MR) is 190 cm³/mol. The number of carbonyl (C=O) groups is 1. The van der Waals surface area contributed by atoms with Gasteiger partial charge < -0.3 is 13.6 Å². The number of carbonyl (C=O) groups excluding carboxylic acids is 1. The van der Waals surface area contributed by atoms with Crippen LogP contribution in [0.5, 0.6) is 0 Å². The summed E-state index contributed by atoms with van der Waals surface area (Å²) < 4.78 is 22.6. The fourth-order valence-electron chi connectivity index (χ4n) is 5.16. The number of aryl methyl sites for hydroxylation is 1. The van der Waals surface area contributed by atoms with E-state index >= 15 is 0 Å². The fourth-order valence-corrected chi connectivity index (χ4v) is 7.53. The van der Waals surface area contributed by atoms with E-state index in [4.69, 9.17) is 13.6 Å². The molecule has 1 saturated heterocycles. The molecule has 0 aliphatic carbocycles. The van der Waals surface area contributed by atoms with E-state index < -0.39 is 46.1 Å². The molecule has 2 heterocycles. The van der Waals surface area contributed by atoms with Gasteiger partial charge in [-0.15, -0.1) is 0 Å². The fraction of sp³-hybridized carbons (Fsp3) is 0.528. The van der Waals surface area contributed by atoms with Crippen molar-refractivity contribution in [3.63, 3.8) is 0 Å². The first-order chi connectivity index (χ1) is 21.2. The van der Waals surface area contributed by atoms with E-state index in [-0.39, 0.29) is 21.7 Å². The van der Waals surface area contributed by atoms with Crippen molar-refractivity contribution in [2.75, 3.05) is 6.61 Å². The van der Waals surface area contributed by atoms with Gasteiger partial charge in [0.15, 0.2) is 16.6 Å². The van der Waals surface area contributed by atoms with Crippen LogP contribution in [0.4, 0.5) is 0 Å². The molecule has 3 aromatic rings. The van der Waals surface area contributed by atoms with Crippen LogP contribution < -0.4 is 11.2 Å². The highest BCUT2D eigenvalue weighted by atomic mass is 28.4. The Hall–Kier alpha value is -2.90. The van der Waals surface area contributed by atoms with Gasteiger partial charge in [-0.1, -0.05) is 89.6 Å². The zero-order valence-electron chi connectivity index (χ0n) is 29.7. The lowest BCUT2D eigenvalue weighted by Crippen LogP contribution is -2.48. The Kier molecular flexibility index (Phi) is 10.1. The Morgan fingerprint density at radius 2 is 1.43 bits per heavy atom. The number of hydrogen-bond acceptors (Lipinski definition) is 6. The van der Waals surface area contributed by atoms with Gasteiger partial charge in [-0.2, -0.15) is 4.57 Å². The van der Waals surface area contributed by atoms with Crippen LogP contribution in [0, 0.1) is 13.8 Å². The van der Waals surface area contributed by atoms with Crippen LogP contribution in [0.1, 0.15) is 75.7 Å². The van der Waals surface area contributed by atoms with Crippen LogP contribution in [-0.2, 0) is 13.6 Å². The Balaban J connectivity index is 1.89. The third-order valence-corrected chi connectivity index (χ3v) is 19.2. The van der Waals surface area contributed by atoms with Crippen LogP contribution in [0.3, 0.4) is 0 Å². The molecule has 0 N–H and O–H groups in total. The third kappa shape index (κ3) is 7.16. The minimum atomic E-state index is -2.26. The van der Waals surface area contributed by atoms with Gasteiger partial charge in [-0.3, -0.25) is 14.2 Å². The van der Waals surface area contributed by atoms with Crippen LogP contribution in [-0.4, -0.2) is 50.5 Å². The highest BCUT2D eigenvalue weighted by Crippen LogP contribution is 2.43. The monoisotopic (exact) mass is 664 g/mol. The summed E-state index contributed by atoms with van der Waals surface area (Å²) in [7, 11) is -4.40. The first kappa shape index (κ1) is 35.9. The maximum Gasteiger partial charge on any atom is 0.340 e. The normalized spacial score (nSPS) is 19.4. The summed E-state index contributed by atoms with van der Waals surface area (Å²) in [6.07, 6.45) is -1.22. The van der Waals surface area contributed by atoms with Crippen LogP contribution in [0.2, 0.25) is 36.3 Å². The minimum Gasteiger partial charge on any atom is -0.414 e. The summed E-state index contributed by atoms with van der Waals surface area (Å²) >= 11 is 0. The highest BCUT2D eigenvalue weighted by Gasteiger charge is 2.47. The van der Waals surface area contributed by atoms with Gasteiger partial charge in [0.25, 0.3) is 11.5 Å². The first-order valence-electron chi connectivity index (χ1n) is 16.2. The van der Waals surface area contributed by atoms with Crippen molar-refractivity contribution < 1.29 is 18.4 Å². The number of nitrogens with zero attached hydrogens (tertiary/aromatic N) is 2. The molecule has 0 bridgehead atoms. The summed E-state index contributed by atoms with van der Waals surface area (Å²) in [5, 5.41) is -0.0491. The lowest BCUT2D eigenvalue weighted by atomic mass is 10.0. The van der Waals surface area contributed by atoms with Crippen molar-refractivity contribution in [1.82, 2.24) is 9.13 Å². The van der Waals surface area contributed by atoms with E-state index in [0.717, 1.165) is 10.1 Å². The quantitative estimate of drug-likeness (QED) is 0.230. The zero-order chi connectivity index (χ0) is 34.4. The summed E-state index contributed by atoms with van der Waals surface area (Å²) in [6, 6.07) is 16.1.